The van der Waals surface area contributed by atoms with Crippen molar-refractivity contribution in [1.29, 1.82) is 0 Å². The van der Waals surface area contributed by atoms with Crippen molar-refractivity contribution in [1.82, 2.24) is 4.98 Å². The molecule has 0 aliphatic heterocycles. The largest absolute Gasteiger partial charge is 0.322 e. The normalized spacial score (nSPS) is 13.9. The molecule has 1 rings (SSSR count). The van der Waals surface area contributed by atoms with Gasteiger partial charge in [-0.1, -0.05) is 25.4 Å². The van der Waals surface area contributed by atoms with E-state index in [1.807, 2.05) is 0 Å². The van der Waals surface area contributed by atoms with Gasteiger partial charge in [-0.2, -0.15) is 0 Å². The lowest BCUT2D eigenvalue weighted by atomic mass is 10.1. The van der Waals surface area contributed by atoms with E-state index < -0.39 is 0 Å². The smallest absolute Gasteiger partial charge is 0.113 e. The Labute approximate surface area is 75.4 Å². The van der Waals surface area contributed by atoms with Crippen molar-refractivity contribution >= 4 is 22.9 Å². The molecule has 0 fully saturated rings. The molecule has 0 saturated carbocycles. The van der Waals surface area contributed by atoms with Crippen molar-refractivity contribution in [2.45, 2.75) is 19.9 Å². The average molecular weight is 191 g/mol. The predicted octanol–water partition coefficient (Wildman–Crippen LogP) is 2.45. The van der Waals surface area contributed by atoms with Gasteiger partial charge in [0.15, 0.2) is 0 Å². The van der Waals surface area contributed by atoms with E-state index in [-0.39, 0.29) is 6.04 Å². The lowest BCUT2D eigenvalue weighted by Gasteiger charge is -2.11. The molecule has 2 N–H and O–H groups in total. The summed E-state index contributed by atoms with van der Waals surface area (Å²) < 4.78 is 0.705. The Morgan fingerprint density at radius 3 is 2.64 bits per heavy atom. The highest BCUT2D eigenvalue weighted by atomic mass is 35.5. The van der Waals surface area contributed by atoms with Crippen LogP contribution in [0, 0.1) is 5.92 Å². The molecule has 0 aliphatic rings. The summed E-state index contributed by atoms with van der Waals surface area (Å²) in [6, 6.07) is 0.0208. The van der Waals surface area contributed by atoms with Gasteiger partial charge in [-0.05, 0) is 5.92 Å². The molecule has 4 heteroatoms. The molecule has 1 atom stereocenters. The van der Waals surface area contributed by atoms with Crippen molar-refractivity contribution in [3.8, 4) is 0 Å². The van der Waals surface area contributed by atoms with E-state index in [4.69, 9.17) is 17.3 Å². The fraction of sp³-hybridized carbons (Fsp3) is 0.571. The quantitative estimate of drug-likeness (QED) is 0.778. The maximum atomic E-state index is 5.84. The molecular weight excluding hydrogens is 180 g/mol. The number of rotatable bonds is 2. The van der Waals surface area contributed by atoms with Gasteiger partial charge in [-0.15, -0.1) is 11.3 Å². The zero-order valence-corrected chi connectivity index (χ0v) is 8.12. The highest BCUT2D eigenvalue weighted by Gasteiger charge is 2.13. The molecule has 1 aromatic heterocycles. The van der Waals surface area contributed by atoms with Crippen molar-refractivity contribution in [2.75, 3.05) is 0 Å². The molecule has 1 aromatic rings. The third kappa shape index (κ3) is 2.15. The summed E-state index contributed by atoms with van der Waals surface area (Å²) in [5.74, 6) is 0.414. The zero-order chi connectivity index (χ0) is 8.43. The second-order valence-corrected chi connectivity index (χ2v) is 4.47. The molecule has 0 bridgehead atoms. The molecule has 1 unspecified atom stereocenters. The molecule has 0 spiro atoms. The van der Waals surface area contributed by atoms with Crippen molar-refractivity contribution in [3.05, 3.63) is 15.5 Å². The summed E-state index contributed by atoms with van der Waals surface area (Å²) >= 11 is 7.16. The maximum absolute atomic E-state index is 5.84. The molecule has 2 nitrogen and oxygen atoms in total. The Hall–Kier alpha value is -0.120. The van der Waals surface area contributed by atoms with Crippen LogP contribution in [-0.2, 0) is 0 Å². The van der Waals surface area contributed by atoms with Gasteiger partial charge in [0.2, 0.25) is 0 Å². The standard InChI is InChI=1S/C7H11ClN2S/c1-4(2)6(9)7-10-3-5(8)11-7/h3-4,6H,9H2,1-2H3. The van der Waals surface area contributed by atoms with Crippen LogP contribution in [0.3, 0.4) is 0 Å². The van der Waals surface area contributed by atoms with E-state index in [0.29, 0.717) is 10.3 Å². The summed E-state index contributed by atoms with van der Waals surface area (Å²) in [6.45, 7) is 4.14. The molecule has 0 radical (unpaired) electrons. The number of thiazole rings is 1. The van der Waals surface area contributed by atoms with Crippen LogP contribution in [0.5, 0.6) is 0 Å². The second kappa shape index (κ2) is 3.52. The first kappa shape index (κ1) is 8.97. The number of halogens is 1. The van der Waals surface area contributed by atoms with Crippen LogP contribution in [0.1, 0.15) is 24.9 Å². The van der Waals surface area contributed by atoms with Crippen molar-refractivity contribution in [2.24, 2.45) is 11.7 Å². The third-order valence-electron chi connectivity index (χ3n) is 1.50. The van der Waals surface area contributed by atoms with Crippen LogP contribution in [0.25, 0.3) is 0 Å². The highest BCUT2D eigenvalue weighted by Crippen LogP contribution is 2.26. The molecular formula is C7H11ClN2S. The third-order valence-corrected chi connectivity index (χ3v) is 2.71. The van der Waals surface area contributed by atoms with Gasteiger partial charge < -0.3 is 5.73 Å². The van der Waals surface area contributed by atoms with E-state index in [1.54, 1.807) is 6.20 Å². The fourth-order valence-corrected chi connectivity index (χ4v) is 1.81. The van der Waals surface area contributed by atoms with Gasteiger partial charge in [-0.25, -0.2) is 4.98 Å². The lowest BCUT2D eigenvalue weighted by molar-refractivity contribution is 0.512. The summed E-state index contributed by atoms with van der Waals surface area (Å²) in [7, 11) is 0. The molecule has 0 aliphatic carbocycles. The van der Waals surface area contributed by atoms with Gasteiger partial charge in [-0.3, -0.25) is 0 Å². The monoisotopic (exact) mass is 190 g/mol. The van der Waals surface area contributed by atoms with Gasteiger partial charge in [0, 0.05) is 0 Å². The van der Waals surface area contributed by atoms with Crippen molar-refractivity contribution in [3.63, 3.8) is 0 Å². The number of hydrogen-bond donors (Lipinski definition) is 1. The zero-order valence-electron chi connectivity index (χ0n) is 6.54. The first-order valence-corrected chi connectivity index (χ1v) is 4.67. The SMILES string of the molecule is CC(C)C(N)c1ncc(Cl)s1. The lowest BCUT2D eigenvalue weighted by Crippen LogP contribution is -2.16. The van der Waals surface area contributed by atoms with E-state index in [2.05, 4.69) is 18.8 Å². The van der Waals surface area contributed by atoms with Crippen LogP contribution in [0.15, 0.2) is 6.20 Å². The molecule has 0 amide bonds. The van der Waals surface area contributed by atoms with Crippen LogP contribution < -0.4 is 5.73 Å². The molecule has 0 aromatic carbocycles. The fourth-order valence-electron chi connectivity index (χ4n) is 0.706. The molecule has 0 saturated heterocycles. The van der Waals surface area contributed by atoms with Gasteiger partial charge in [0.1, 0.15) is 9.34 Å². The van der Waals surface area contributed by atoms with Gasteiger partial charge >= 0.3 is 0 Å². The van der Waals surface area contributed by atoms with E-state index in [1.165, 1.54) is 11.3 Å². The summed E-state index contributed by atoms with van der Waals surface area (Å²) in [5, 5.41) is 0.921. The van der Waals surface area contributed by atoms with Gasteiger partial charge in [0.25, 0.3) is 0 Å². The van der Waals surface area contributed by atoms with Gasteiger partial charge in [0.05, 0.1) is 12.2 Å². The minimum absolute atomic E-state index is 0.0208. The van der Waals surface area contributed by atoms with E-state index in [9.17, 15) is 0 Å². The van der Waals surface area contributed by atoms with Crippen molar-refractivity contribution < 1.29 is 0 Å². The van der Waals surface area contributed by atoms with E-state index in [0.717, 1.165) is 5.01 Å². The first-order valence-electron chi connectivity index (χ1n) is 3.48. The number of nitrogens with zero attached hydrogens (tertiary/aromatic N) is 1. The van der Waals surface area contributed by atoms with Crippen LogP contribution >= 0.6 is 22.9 Å². The van der Waals surface area contributed by atoms with E-state index >= 15 is 0 Å². The van der Waals surface area contributed by atoms with Crippen LogP contribution in [0.2, 0.25) is 4.34 Å². The number of hydrogen-bond acceptors (Lipinski definition) is 3. The first-order chi connectivity index (χ1) is 5.11. The highest BCUT2D eigenvalue weighted by molar-refractivity contribution is 7.15. The Morgan fingerprint density at radius 2 is 2.27 bits per heavy atom. The summed E-state index contributed by atoms with van der Waals surface area (Å²) in [4.78, 5) is 4.10. The predicted molar refractivity (Wildman–Crippen MR) is 48.9 cm³/mol. The minimum Gasteiger partial charge on any atom is -0.322 e. The maximum Gasteiger partial charge on any atom is 0.113 e. The molecule has 1 heterocycles. The minimum atomic E-state index is 0.0208. The Kier molecular flexibility index (Phi) is 2.87. The Morgan fingerprint density at radius 1 is 1.64 bits per heavy atom. The molecule has 62 valence electrons. The summed E-state index contributed by atoms with van der Waals surface area (Å²) in [5.41, 5.74) is 5.84. The summed E-state index contributed by atoms with van der Waals surface area (Å²) in [6.07, 6.45) is 1.64. The average Bonchev–Trinajstić information content (AvgIpc) is 2.34. The Balaban J connectivity index is 2.76. The number of aromatic nitrogens is 1. The topological polar surface area (TPSA) is 38.9 Å². The Bertz CT molecular complexity index is 234. The second-order valence-electron chi connectivity index (χ2n) is 2.77. The molecule has 11 heavy (non-hydrogen) atoms. The number of nitrogens with two attached hydrogens (primary N) is 1. The van der Waals surface area contributed by atoms with Crippen LogP contribution in [-0.4, -0.2) is 4.98 Å². The van der Waals surface area contributed by atoms with Crippen LogP contribution in [0.4, 0.5) is 0 Å².